The lowest BCUT2D eigenvalue weighted by atomic mass is 10.1. The van der Waals surface area contributed by atoms with Gasteiger partial charge in [-0.3, -0.25) is 14.5 Å². The third-order valence-electron chi connectivity index (χ3n) is 4.00. The number of nitrogens with zero attached hydrogens (tertiary/aromatic N) is 2. The normalized spacial score (nSPS) is 16.0. The molecule has 2 amide bonds. The maximum absolute atomic E-state index is 13.4. The van der Waals surface area contributed by atoms with E-state index in [4.69, 9.17) is 0 Å². The highest BCUT2D eigenvalue weighted by atomic mass is 19.1. The number of rotatable bonds is 7. The van der Waals surface area contributed by atoms with Gasteiger partial charge in [0.2, 0.25) is 11.8 Å². The van der Waals surface area contributed by atoms with E-state index < -0.39 is 6.04 Å². The van der Waals surface area contributed by atoms with Crippen LogP contribution in [0.2, 0.25) is 0 Å². The van der Waals surface area contributed by atoms with E-state index in [1.54, 1.807) is 31.1 Å². The molecule has 0 saturated carbocycles. The number of amides is 2. The second-order valence-electron chi connectivity index (χ2n) is 6.05. The van der Waals surface area contributed by atoms with Gasteiger partial charge in [-0.05, 0) is 44.6 Å². The minimum absolute atomic E-state index is 0.159. The first-order valence-electron chi connectivity index (χ1n) is 7.96. The number of carbonyl (C=O) groups is 2. The Morgan fingerprint density at radius 1 is 1.43 bits per heavy atom. The predicted molar refractivity (Wildman–Crippen MR) is 86.3 cm³/mol. The molecule has 23 heavy (non-hydrogen) atoms. The average Bonchev–Trinajstić information content (AvgIpc) is 2.89. The minimum Gasteiger partial charge on any atom is -0.354 e. The highest BCUT2D eigenvalue weighted by molar-refractivity contribution is 5.83. The smallest absolute Gasteiger partial charge is 0.241 e. The van der Waals surface area contributed by atoms with Crippen LogP contribution in [0.25, 0.3) is 0 Å². The van der Waals surface area contributed by atoms with Gasteiger partial charge in [0, 0.05) is 26.1 Å². The highest BCUT2D eigenvalue weighted by Gasteiger charge is 2.23. The van der Waals surface area contributed by atoms with Crippen molar-refractivity contribution in [2.24, 2.45) is 0 Å². The van der Waals surface area contributed by atoms with Crippen LogP contribution in [0.4, 0.5) is 4.39 Å². The Labute approximate surface area is 136 Å². The molecule has 6 heteroatoms. The van der Waals surface area contributed by atoms with E-state index in [0.717, 1.165) is 19.4 Å². The second kappa shape index (κ2) is 8.06. The molecule has 1 N–H and O–H groups in total. The van der Waals surface area contributed by atoms with Crippen LogP contribution in [-0.4, -0.2) is 55.3 Å². The molecule has 0 radical (unpaired) electrons. The summed E-state index contributed by atoms with van der Waals surface area (Å²) >= 11 is 0. The Balaban J connectivity index is 1.85. The van der Waals surface area contributed by atoms with Crippen LogP contribution in [0.1, 0.15) is 30.9 Å². The Morgan fingerprint density at radius 2 is 2.22 bits per heavy atom. The molecule has 0 aromatic heterocycles. The van der Waals surface area contributed by atoms with Crippen LogP contribution in [0.3, 0.4) is 0 Å². The highest BCUT2D eigenvalue weighted by Crippen LogP contribution is 2.19. The van der Waals surface area contributed by atoms with E-state index >= 15 is 0 Å². The maximum Gasteiger partial charge on any atom is 0.241 e. The summed E-state index contributed by atoms with van der Waals surface area (Å²) in [6.45, 7) is 1.99. The Hall–Kier alpha value is -1.95. The molecule has 2 rings (SSSR count). The van der Waals surface area contributed by atoms with Crippen molar-refractivity contribution in [3.63, 3.8) is 0 Å². The molecule has 1 saturated heterocycles. The molecule has 1 atom stereocenters. The van der Waals surface area contributed by atoms with Gasteiger partial charge in [0.1, 0.15) is 11.9 Å². The molecule has 126 valence electrons. The third kappa shape index (κ3) is 4.76. The van der Waals surface area contributed by atoms with Gasteiger partial charge < -0.3 is 10.2 Å². The molecule has 0 spiro atoms. The largest absolute Gasteiger partial charge is 0.354 e. The summed E-state index contributed by atoms with van der Waals surface area (Å²) in [7, 11) is 3.58. The lowest BCUT2D eigenvalue weighted by molar-refractivity contribution is -0.127. The summed E-state index contributed by atoms with van der Waals surface area (Å²) < 4.78 is 13.4. The van der Waals surface area contributed by atoms with Crippen molar-refractivity contribution < 1.29 is 14.0 Å². The van der Waals surface area contributed by atoms with Crippen LogP contribution < -0.4 is 5.32 Å². The molecule has 1 unspecified atom stereocenters. The number of carbonyl (C=O) groups excluding carboxylic acids is 2. The SMILES string of the molecule is CN(C)C(C(=O)NCCCN1CCCC1=O)c1cccc(F)c1. The minimum atomic E-state index is -0.529. The number of benzene rings is 1. The van der Waals surface area contributed by atoms with Crippen LogP contribution in [-0.2, 0) is 9.59 Å². The van der Waals surface area contributed by atoms with Crippen molar-refractivity contribution in [3.05, 3.63) is 35.6 Å². The van der Waals surface area contributed by atoms with E-state index in [1.165, 1.54) is 12.1 Å². The summed E-state index contributed by atoms with van der Waals surface area (Å²) in [5.41, 5.74) is 0.627. The lowest BCUT2D eigenvalue weighted by Gasteiger charge is -2.24. The van der Waals surface area contributed by atoms with Gasteiger partial charge in [0.05, 0.1) is 0 Å². The van der Waals surface area contributed by atoms with Crippen LogP contribution in [0.5, 0.6) is 0 Å². The first kappa shape index (κ1) is 17.4. The average molecular weight is 321 g/mol. The van der Waals surface area contributed by atoms with Crippen molar-refractivity contribution in [1.82, 2.24) is 15.1 Å². The quantitative estimate of drug-likeness (QED) is 0.776. The number of hydrogen-bond acceptors (Lipinski definition) is 3. The summed E-state index contributed by atoms with van der Waals surface area (Å²) in [5, 5.41) is 2.88. The maximum atomic E-state index is 13.4. The zero-order chi connectivity index (χ0) is 16.8. The molecule has 0 aliphatic carbocycles. The molecular formula is C17H24FN3O2. The molecule has 1 fully saturated rings. The van der Waals surface area contributed by atoms with Crippen LogP contribution in [0.15, 0.2) is 24.3 Å². The lowest BCUT2D eigenvalue weighted by Crippen LogP contribution is -2.38. The van der Waals surface area contributed by atoms with Gasteiger partial charge in [-0.25, -0.2) is 4.39 Å². The zero-order valence-electron chi connectivity index (χ0n) is 13.7. The fraction of sp³-hybridized carbons (Fsp3) is 0.529. The van der Waals surface area contributed by atoms with Gasteiger partial charge in [0.25, 0.3) is 0 Å². The van der Waals surface area contributed by atoms with E-state index in [1.807, 2.05) is 4.90 Å². The number of nitrogens with one attached hydrogen (secondary N) is 1. The van der Waals surface area contributed by atoms with Gasteiger partial charge in [-0.1, -0.05) is 12.1 Å². The number of likely N-dealkylation sites (N-methyl/N-ethyl adjacent to an activating group) is 1. The Kier molecular flexibility index (Phi) is 6.10. The topological polar surface area (TPSA) is 52.7 Å². The monoisotopic (exact) mass is 321 g/mol. The molecule has 1 aliphatic heterocycles. The fourth-order valence-electron chi connectivity index (χ4n) is 2.88. The summed E-state index contributed by atoms with van der Waals surface area (Å²) in [5.74, 6) is -0.315. The zero-order valence-corrected chi connectivity index (χ0v) is 13.7. The van der Waals surface area contributed by atoms with Gasteiger partial charge >= 0.3 is 0 Å². The first-order chi connectivity index (χ1) is 11.0. The standard InChI is InChI=1S/C17H24FN3O2/c1-20(2)16(13-6-3-7-14(18)12-13)17(23)19-9-5-11-21-10-4-8-15(21)22/h3,6-7,12,16H,4-5,8-11H2,1-2H3,(H,19,23). The summed E-state index contributed by atoms with van der Waals surface area (Å²) in [6.07, 6.45) is 2.28. The number of hydrogen-bond donors (Lipinski definition) is 1. The first-order valence-corrected chi connectivity index (χ1v) is 7.96. The van der Waals surface area contributed by atoms with Crippen molar-refractivity contribution in [2.45, 2.75) is 25.3 Å². The third-order valence-corrected chi connectivity index (χ3v) is 4.00. The van der Waals surface area contributed by atoms with Crippen molar-refractivity contribution in [2.75, 3.05) is 33.7 Å². The van der Waals surface area contributed by atoms with E-state index in [-0.39, 0.29) is 17.6 Å². The van der Waals surface area contributed by atoms with Gasteiger partial charge in [-0.15, -0.1) is 0 Å². The molecule has 1 heterocycles. The summed E-state index contributed by atoms with van der Waals surface area (Å²) in [6, 6.07) is 5.57. The Morgan fingerprint density at radius 3 is 2.83 bits per heavy atom. The molecule has 1 aliphatic rings. The van der Waals surface area contributed by atoms with Crippen molar-refractivity contribution in [3.8, 4) is 0 Å². The predicted octanol–water partition coefficient (Wildman–Crippen LogP) is 1.56. The van der Waals surface area contributed by atoms with E-state index in [9.17, 15) is 14.0 Å². The second-order valence-corrected chi connectivity index (χ2v) is 6.05. The van der Waals surface area contributed by atoms with Crippen LogP contribution in [0, 0.1) is 5.82 Å². The molecule has 0 bridgehead atoms. The van der Waals surface area contributed by atoms with E-state index in [0.29, 0.717) is 25.1 Å². The number of likely N-dealkylation sites (tertiary alicyclic amines) is 1. The molecule has 1 aromatic rings. The van der Waals surface area contributed by atoms with Crippen molar-refractivity contribution in [1.29, 1.82) is 0 Å². The fourth-order valence-corrected chi connectivity index (χ4v) is 2.88. The number of halogens is 1. The molecule has 5 nitrogen and oxygen atoms in total. The molecule has 1 aromatic carbocycles. The van der Waals surface area contributed by atoms with Crippen molar-refractivity contribution >= 4 is 11.8 Å². The Bertz CT molecular complexity index is 563. The van der Waals surface area contributed by atoms with E-state index in [2.05, 4.69) is 5.32 Å². The van der Waals surface area contributed by atoms with Gasteiger partial charge in [-0.2, -0.15) is 0 Å². The van der Waals surface area contributed by atoms with Crippen LogP contribution >= 0.6 is 0 Å². The summed E-state index contributed by atoms with van der Waals surface area (Å²) in [4.78, 5) is 27.5. The van der Waals surface area contributed by atoms with Gasteiger partial charge in [0.15, 0.2) is 0 Å². The molecular weight excluding hydrogens is 297 g/mol.